The first-order valence-corrected chi connectivity index (χ1v) is 6.60. The molecule has 5 heteroatoms. The molecule has 2 aromatic carbocycles. The molecule has 1 aliphatic rings. The first kappa shape index (κ1) is 15.4. The van der Waals surface area contributed by atoms with Gasteiger partial charge >= 0.3 is 6.15 Å². The van der Waals surface area contributed by atoms with E-state index in [1.165, 1.54) is 0 Å². The monoisotopic (exact) mass is 294 g/mol. The highest BCUT2D eigenvalue weighted by Gasteiger charge is 2.31. The Kier molecular flexibility index (Phi) is 4.61. The number of carbonyl (C=O) groups is 1. The van der Waals surface area contributed by atoms with Gasteiger partial charge in [-0.2, -0.15) is 9.59 Å². The lowest BCUT2D eigenvalue weighted by Crippen LogP contribution is -2.25. The highest BCUT2D eigenvalue weighted by molar-refractivity contribution is 6.54. The molecule has 0 radical (unpaired) electrons. The molecule has 1 aliphatic heterocycles. The van der Waals surface area contributed by atoms with Crippen molar-refractivity contribution in [3.8, 4) is 0 Å². The lowest BCUT2D eigenvalue weighted by atomic mass is 10.1. The van der Waals surface area contributed by atoms with Crippen molar-refractivity contribution in [3.63, 3.8) is 0 Å². The topological polar surface area (TPSA) is 66.8 Å². The van der Waals surface area contributed by atoms with Crippen LogP contribution >= 0.6 is 0 Å². The van der Waals surface area contributed by atoms with E-state index in [2.05, 4.69) is 4.99 Å². The van der Waals surface area contributed by atoms with Gasteiger partial charge in [0.15, 0.2) is 0 Å². The number of likely N-dealkylation sites (N-methyl/N-ethyl adjacent to an activating group) is 1. The third-order valence-electron chi connectivity index (χ3n) is 3.27. The Balaban J connectivity index is 0.000000545. The third-order valence-corrected chi connectivity index (χ3v) is 3.27. The van der Waals surface area contributed by atoms with Gasteiger partial charge in [-0.3, -0.25) is 4.79 Å². The molecule has 5 nitrogen and oxygen atoms in total. The van der Waals surface area contributed by atoms with Crippen molar-refractivity contribution < 1.29 is 14.4 Å². The first-order valence-electron chi connectivity index (χ1n) is 6.60. The van der Waals surface area contributed by atoms with Crippen LogP contribution in [0, 0.1) is 6.92 Å². The summed E-state index contributed by atoms with van der Waals surface area (Å²) in [7, 11) is 1.78. The second-order valence-electron chi connectivity index (χ2n) is 4.76. The molecule has 0 saturated carbocycles. The Hall–Kier alpha value is -3.04. The van der Waals surface area contributed by atoms with Gasteiger partial charge in [-0.05, 0) is 31.2 Å². The fourth-order valence-corrected chi connectivity index (χ4v) is 2.26. The zero-order chi connectivity index (χ0) is 16.1. The fraction of sp³-hybridized carbons (Fsp3) is 0.118. The van der Waals surface area contributed by atoms with Gasteiger partial charge in [-0.15, -0.1) is 0 Å². The molecule has 110 valence electrons. The van der Waals surface area contributed by atoms with E-state index in [4.69, 9.17) is 9.59 Å². The minimum Gasteiger partial charge on any atom is -0.309 e. The second kappa shape index (κ2) is 6.61. The van der Waals surface area contributed by atoms with Crippen molar-refractivity contribution in [2.24, 2.45) is 4.99 Å². The number of rotatable bonds is 1. The summed E-state index contributed by atoms with van der Waals surface area (Å²) >= 11 is 0. The van der Waals surface area contributed by atoms with Gasteiger partial charge in [0, 0.05) is 12.6 Å². The largest absolute Gasteiger partial charge is 0.373 e. The van der Waals surface area contributed by atoms with Gasteiger partial charge in [-0.1, -0.05) is 29.8 Å². The lowest BCUT2D eigenvalue weighted by molar-refractivity contribution is -0.191. The summed E-state index contributed by atoms with van der Waals surface area (Å²) in [6, 6.07) is 15.6. The molecule has 3 rings (SSSR count). The number of hydrogen-bond acceptors (Lipinski definition) is 4. The third kappa shape index (κ3) is 3.00. The lowest BCUT2D eigenvalue weighted by Gasteiger charge is -2.08. The Morgan fingerprint density at radius 3 is 2.32 bits per heavy atom. The van der Waals surface area contributed by atoms with Crippen LogP contribution in [0.3, 0.4) is 0 Å². The fourth-order valence-electron chi connectivity index (χ4n) is 2.26. The maximum Gasteiger partial charge on any atom is 0.373 e. The molecular weight excluding hydrogens is 280 g/mol. The van der Waals surface area contributed by atoms with Crippen LogP contribution in [0.4, 0.5) is 11.4 Å². The number of aryl methyl sites for hydroxylation is 1. The summed E-state index contributed by atoms with van der Waals surface area (Å²) in [4.78, 5) is 34.7. The van der Waals surface area contributed by atoms with Crippen molar-refractivity contribution in [2.75, 3.05) is 11.9 Å². The van der Waals surface area contributed by atoms with Gasteiger partial charge in [0.25, 0.3) is 5.91 Å². The van der Waals surface area contributed by atoms with Crippen LogP contribution < -0.4 is 4.90 Å². The molecule has 0 saturated heterocycles. The van der Waals surface area contributed by atoms with Crippen LogP contribution in [0.5, 0.6) is 0 Å². The van der Waals surface area contributed by atoms with Crippen LogP contribution in [-0.2, 0) is 14.4 Å². The normalized spacial score (nSPS) is 14.2. The van der Waals surface area contributed by atoms with Gasteiger partial charge in [0.2, 0.25) is 0 Å². The van der Waals surface area contributed by atoms with E-state index in [1.54, 1.807) is 11.9 Å². The van der Waals surface area contributed by atoms with E-state index >= 15 is 0 Å². The summed E-state index contributed by atoms with van der Waals surface area (Å²) in [5, 5.41) is 0. The van der Waals surface area contributed by atoms with Crippen molar-refractivity contribution in [2.45, 2.75) is 6.92 Å². The van der Waals surface area contributed by atoms with E-state index in [0.29, 0.717) is 5.71 Å². The summed E-state index contributed by atoms with van der Waals surface area (Å²) in [5.74, 6) is -0.0514. The van der Waals surface area contributed by atoms with E-state index in [0.717, 1.165) is 22.5 Å². The van der Waals surface area contributed by atoms with Crippen molar-refractivity contribution in [3.05, 3.63) is 59.7 Å². The zero-order valence-corrected chi connectivity index (χ0v) is 12.2. The summed E-state index contributed by atoms with van der Waals surface area (Å²) in [5.41, 5.74) is 4.28. The Morgan fingerprint density at radius 1 is 1.05 bits per heavy atom. The minimum absolute atomic E-state index is 0.0514. The van der Waals surface area contributed by atoms with Gasteiger partial charge in [-0.25, -0.2) is 4.99 Å². The summed E-state index contributed by atoms with van der Waals surface area (Å²) in [6.07, 6.45) is 0.250. The van der Waals surface area contributed by atoms with E-state index < -0.39 is 0 Å². The van der Waals surface area contributed by atoms with Crippen LogP contribution in [0.1, 0.15) is 11.1 Å². The molecule has 0 spiro atoms. The smallest absolute Gasteiger partial charge is 0.309 e. The first-order chi connectivity index (χ1) is 10.6. The van der Waals surface area contributed by atoms with E-state index in [9.17, 15) is 4.79 Å². The molecule has 0 N–H and O–H groups in total. The quantitative estimate of drug-likeness (QED) is 0.811. The van der Waals surface area contributed by atoms with Crippen molar-refractivity contribution >= 4 is 29.1 Å². The predicted octanol–water partition coefficient (Wildman–Crippen LogP) is 2.51. The minimum atomic E-state index is -0.0514. The zero-order valence-electron chi connectivity index (χ0n) is 12.2. The molecule has 0 aliphatic carbocycles. The Morgan fingerprint density at radius 2 is 1.68 bits per heavy atom. The van der Waals surface area contributed by atoms with Crippen molar-refractivity contribution in [1.29, 1.82) is 0 Å². The van der Waals surface area contributed by atoms with Crippen LogP contribution in [0.15, 0.2) is 53.5 Å². The number of carbonyl (C=O) groups excluding carboxylic acids is 3. The molecule has 1 amide bonds. The highest BCUT2D eigenvalue weighted by atomic mass is 16.2. The number of nitrogens with zero attached hydrogens (tertiary/aromatic N) is 2. The predicted molar refractivity (Wildman–Crippen MR) is 82.2 cm³/mol. The molecule has 1 heterocycles. The summed E-state index contributed by atoms with van der Waals surface area (Å²) < 4.78 is 0. The van der Waals surface area contributed by atoms with Crippen molar-refractivity contribution in [1.82, 2.24) is 0 Å². The van der Waals surface area contributed by atoms with Crippen LogP contribution in [0.2, 0.25) is 0 Å². The van der Waals surface area contributed by atoms with Gasteiger partial charge < -0.3 is 4.90 Å². The molecule has 0 atom stereocenters. The van der Waals surface area contributed by atoms with Crippen LogP contribution in [0.25, 0.3) is 0 Å². The number of benzene rings is 2. The Bertz CT molecular complexity index is 761. The van der Waals surface area contributed by atoms with E-state index in [1.807, 2.05) is 55.5 Å². The summed E-state index contributed by atoms with van der Waals surface area (Å²) in [6.45, 7) is 2.02. The van der Waals surface area contributed by atoms with E-state index in [-0.39, 0.29) is 12.1 Å². The molecule has 0 bridgehead atoms. The second-order valence-corrected chi connectivity index (χ2v) is 4.76. The molecule has 22 heavy (non-hydrogen) atoms. The molecule has 2 aromatic rings. The SMILES string of the molecule is Cc1ccc2c(c1)C(=Nc1ccccc1)C(=O)N2C.O=C=O. The number of amides is 1. The average Bonchev–Trinajstić information content (AvgIpc) is 2.74. The average molecular weight is 294 g/mol. The molecule has 0 aromatic heterocycles. The molecule has 0 unspecified atom stereocenters. The number of hydrogen-bond donors (Lipinski definition) is 0. The standard InChI is InChI=1S/C16H14N2O.CO2/c1-11-8-9-14-13(10-11)15(16(19)18(14)2)17-12-6-4-3-5-7-12;2-1-3/h3-10H,1-2H3;. The maximum atomic E-state index is 12.3. The molecular formula is C17H14N2O3. The molecule has 0 fully saturated rings. The maximum absolute atomic E-state index is 12.3. The number of aliphatic imine (C=N–C) groups is 1. The number of para-hydroxylation sites is 1. The highest BCUT2D eigenvalue weighted by Crippen LogP contribution is 2.30. The number of fused-ring (bicyclic) bond motifs is 1. The van der Waals surface area contributed by atoms with Gasteiger partial charge in [0.1, 0.15) is 5.71 Å². The van der Waals surface area contributed by atoms with Crippen LogP contribution in [-0.4, -0.2) is 24.8 Å². The Labute approximate surface area is 127 Å². The number of anilines is 1. The van der Waals surface area contributed by atoms with Gasteiger partial charge in [0.05, 0.1) is 11.4 Å².